The van der Waals surface area contributed by atoms with E-state index < -0.39 is 0 Å². The molecule has 0 fully saturated rings. The number of rotatable bonds is 4. The number of aromatic nitrogens is 1. The van der Waals surface area contributed by atoms with Crippen molar-refractivity contribution in [3.8, 4) is 11.1 Å². The number of ketones is 2. The second-order valence-electron chi connectivity index (χ2n) is 8.56. The number of para-hydroxylation sites is 1. The second-order valence-corrected chi connectivity index (χ2v) is 8.56. The lowest BCUT2D eigenvalue weighted by Crippen LogP contribution is -2.29. The highest BCUT2D eigenvalue weighted by Gasteiger charge is 2.33. The zero-order valence-corrected chi connectivity index (χ0v) is 20.9. The van der Waals surface area contributed by atoms with Crippen molar-refractivity contribution in [1.82, 2.24) is 4.57 Å². The molecule has 1 N–H and O–H groups in total. The maximum atomic E-state index is 13.8. The molecule has 1 aliphatic rings. The van der Waals surface area contributed by atoms with Crippen LogP contribution >= 0.6 is 0 Å². The van der Waals surface area contributed by atoms with Crippen molar-refractivity contribution in [3.05, 3.63) is 130 Å². The average molecular weight is 503 g/mol. The summed E-state index contributed by atoms with van der Waals surface area (Å²) in [4.78, 5) is 41.2. The Morgan fingerprint density at radius 1 is 0.711 bits per heavy atom. The Bertz CT molecular complexity index is 1720. The number of hydrogen-bond acceptors (Lipinski definition) is 4. The van der Waals surface area contributed by atoms with Gasteiger partial charge in [0.15, 0.2) is 11.6 Å². The van der Waals surface area contributed by atoms with Crippen molar-refractivity contribution in [2.75, 3.05) is 5.32 Å². The minimum atomic E-state index is -0.389. The highest BCUT2D eigenvalue weighted by molar-refractivity contribution is 6.31. The number of pyridine rings is 1. The molecule has 1 aromatic heterocycles. The van der Waals surface area contributed by atoms with Crippen LogP contribution < -0.4 is 10.9 Å². The van der Waals surface area contributed by atoms with Crippen LogP contribution in [0.2, 0.25) is 0 Å². The summed E-state index contributed by atoms with van der Waals surface area (Å²) in [5.41, 5.74) is 4.22. The van der Waals surface area contributed by atoms with Gasteiger partial charge < -0.3 is 9.88 Å². The molecule has 0 saturated carbocycles. The number of benzene rings is 4. The summed E-state index contributed by atoms with van der Waals surface area (Å²) in [7, 11) is 1.64. The number of nitrogens with one attached hydrogen (secondary N) is 1. The van der Waals surface area contributed by atoms with Gasteiger partial charge in [0.25, 0.3) is 5.56 Å². The van der Waals surface area contributed by atoms with Crippen molar-refractivity contribution < 1.29 is 9.59 Å². The number of aryl methyl sites for hydroxylation is 1. The summed E-state index contributed by atoms with van der Waals surface area (Å²) < 4.78 is 1.46. The molecule has 6 rings (SSSR count). The zero-order chi connectivity index (χ0) is 26.1. The monoisotopic (exact) mass is 502 g/mol. The summed E-state index contributed by atoms with van der Waals surface area (Å²) >= 11 is 0. The van der Waals surface area contributed by atoms with Gasteiger partial charge in [0.05, 0.1) is 22.3 Å². The SMILES string of the molecule is C.CC.Cn1c(=O)c(C(=O)c2ccccc2)c2c3c(c(Nc4ccccc4)ccc31)C(=O)c1ccccc1-2. The van der Waals surface area contributed by atoms with Crippen molar-refractivity contribution in [2.24, 2.45) is 7.05 Å². The Balaban J connectivity index is 0.00000110. The highest BCUT2D eigenvalue weighted by Crippen LogP contribution is 2.43. The molecule has 5 nitrogen and oxygen atoms in total. The Morgan fingerprint density at radius 2 is 1.29 bits per heavy atom. The molecule has 0 amide bonds. The zero-order valence-electron chi connectivity index (χ0n) is 20.9. The molecule has 5 aromatic rings. The van der Waals surface area contributed by atoms with E-state index in [2.05, 4.69) is 5.32 Å². The van der Waals surface area contributed by atoms with Gasteiger partial charge in [0.2, 0.25) is 0 Å². The third kappa shape index (κ3) is 4.12. The number of hydrogen-bond donors (Lipinski definition) is 1. The molecule has 0 aliphatic heterocycles. The fourth-order valence-corrected chi connectivity index (χ4v) is 4.90. The van der Waals surface area contributed by atoms with Gasteiger partial charge in [-0.3, -0.25) is 14.4 Å². The summed E-state index contributed by atoms with van der Waals surface area (Å²) in [6.45, 7) is 4.00. The molecule has 5 heteroatoms. The lowest BCUT2D eigenvalue weighted by molar-refractivity contribution is 0.102. The van der Waals surface area contributed by atoms with Gasteiger partial charge in [-0.1, -0.05) is 94.1 Å². The van der Waals surface area contributed by atoms with Gasteiger partial charge in [-0.05, 0) is 29.8 Å². The van der Waals surface area contributed by atoms with E-state index in [0.29, 0.717) is 44.4 Å². The van der Waals surface area contributed by atoms with E-state index in [1.165, 1.54) is 4.57 Å². The van der Waals surface area contributed by atoms with Crippen LogP contribution in [0.5, 0.6) is 0 Å². The highest BCUT2D eigenvalue weighted by atomic mass is 16.1. The van der Waals surface area contributed by atoms with Crippen molar-refractivity contribution >= 4 is 33.8 Å². The van der Waals surface area contributed by atoms with Crippen LogP contribution in [0.3, 0.4) is 0 Å². The van der Waals surface area contributed by atoms with Crippen LogP contribution in [0, 0.1) is 0 Å². The minimum Gasteiger partial charge on any atom is -0.355 e. The lowest BCUT2D eigenvalue weighted by Gasteiger charge is -2.25. The number of nitrogens with zero attached hydrogens (tertiary/aromatic N) is 1. The second kappa shape index (κ2) is 10.7. The maximum absolute atomic E-state index is 13.8. The number of carbonyl (C=O) groups is 2. The van der Waals surface area contributed by atoms with E-state index in [1.54, 1.807) is 43.4 Å². The molecule has 4 aromatic carbocycles. The molecular formula is C33H30N2O3. The molecule has 38 heavy (non-hydrogen) atoms. The van der Waals surface area contributed by atoms with Crippen LogP contribution in [-0.4, -0.2) is 16.1 Å². The first-order valence-corrected chi connectivity index (χ1v) is 12.3. The Kier molecular flexibility index (Phi) is 7.40. The van der Waals surface area contributed by atoms with Crippen molar-refractivity contribution in [2.45, 2.75) is 21.3 Å². The molecule has 0 bridgehead atoms. The summed E-state index contributed by atoms with van der Waals surface area (Å²) in [5.74, 6) is -0.506. The molecule has 1 heterocycles. The van der Waals surface area contributed by atoms with Gasteiger partial charge >= 0.3 is 0 Å². The predicted octanol–water partition coefficient (Wildman–Crippen LogP) is 7.39. The standard InChI is InChI=1S/C30H20N2O3.C2H6.CH4/c1-32-23-17-16-22(31-19-12-6-3-7-13-19)25-26(23)24(20-14-8-9-15-21(20)29(25)34)27(30(32)35)28(33)18-10-4-2-5-11-18;1-2;/h2-17,31H,1H3;1-2H3;1H4. The number of fused-ring (bicyclic) bond motifs is 2. The number of carbonyl (C=O) groups excluding carboxylic acids is 2. The van der Waals surface area contributed by atoms with E-state index in [4.69, 9.17) is 0 Å². The minimum absolute atomic E-state index is 0. The smallest absolute Gasteiger partial charge is 0.262 e. The van der Waals surface area contributed by atoms with E-state index in [9.17, 15) is 14.4 Å². The van der Waals surface area contributed by atoms with E-state index >= 15 is 0 Å². The van der Waals surface area contributed by atoms with Gasteiger partial charge in [0, 0.05) is 34.8 Å². The molecule has 0 spiro atoms. The van der Waals surface area contributed by atoms with Gasteiger partial charge in [-0.2, -0.15) is 0 Å². The largest absolute Gasteiger partial charge is 0.355 e. The first-order chi connectivity index (χ1) is 18.1. The topological polar surface area (TPSA) is 68.2 Å². The Morgan fingerprint density at radius 3 is 1.95 bits per heavy atom. The van der Waals surface area contributed by atoms with Gasteiger partial charge in [-0.25, -0.2) is 0 Å². The number of anilines is 2. The van der Waals surface area contributed by atoms with Crippen molar-refractivity contribution in [3.63, 3.8) is 0 Å². The molecule has 0 saturated heterocycles. The molecule has 190 valence electrons. The van der Waals surface area contributed by atoms with Gasteiger partial charge in [0.1, 0.15) is 0 Å². The van der Waals surface area contributed by atoms with Crippen LogP contribution in [-0.2, 0) is 7.05 Å². The maximum Gasteiger partial charge on any atom is 0.262 e. The molecule has 0 unspecified atom stereocenters. The lowest BCUT2D eigenvalue weighted by atomic mass is 9.80. The van der Waals surface area contributed by atoms with Crippen LogP contribution in [0.25, 0.3) is 22.0 Å². The van der Waals surface area contributed by atoms with Crippen LogP contribution in [0.4, 0.5) is 11.4 Å². The molecule has 0 radical (unpaired) electrons. The van der Waals surface area contributed by atoms with Crippen molar-refractivity contribution in [1.29, 1.82) is 0 Å². The van der Waals surface area contributed by atoms with Crippen LogP contribution in [0.15, 0.2) is 102 Å². The summed E-state index contributed by atoms with van der Waals surface area (Å²) in [5, 5.41) is 3.97. The Hall–Kier alpha value is -4.77. The first kappa shape index (κ1) is 26.3. The normalized spacial score (nSPS) is 11.1. The van der Waals surface area contributed by atoms with Crippen LogP contribution in [0.1, 0.15) is 53.1 Å². The molecule has 0 atom stereocenters. The summed E-state index contributed by atoms with van der Waals surface area (Å²) in [6.07, 6.45) is 0. The van der Waals surface area contributed by atoms with E-state index in [-0.39, 0.29) is 30.1 Å². The Labute approximate surface area is 222 Å². The predicted molar refractivity (Wildman–Crippen MR) is 156 cm³/mol. The summed E-state index contributed by atoms with van der Waals surface area (Å²) in [6, 6.07) is 29.2. The van der Waals surface area contributed by atoms with E-state index in [0.717, 1.165) is 5.69 Å². The molecular weight excluding hydrogens is 472 g/mol. The molecule has 1 aliphatic carbocycles. The third-order valence-corrected chi connectivity index (χ3v) is 6.55. The quantitative estimate of drug-likeness (QED) is 0.255. The third-order valence-electron chi connectivity index (χ3n) is 6.55. The fourth-order valence-electron chi connectivity index (χ4n) is 4.90. The average Bonchev–Trinajstić information content (AvgIpc) is 2.96. The van der Waals surface area contributed by atoms with E-state index in [1.807, 2.05) is 74.5 Å². The first-order valence-electron chi connectivity index (χ1n) is 12.3. The van der Waals surface area contributed by atoms with Gasteiger partial charge in [-0.15, -0.1) is 0 Å². The fraction of sp³-hybridized carbons (Fsp3) is 0.121.